The number of aryl methyl sites for hydroxylation is 2. The van der Waals surface area contributed by atoms with Crippen molar-refractivity contribution in [1.82, 2.24) is 0 Å². The Labute approximate surface area is 214 Å². The summed E-state index contributed by atoms with van der Waals surface area (Å²) in [7, 11) is 0. The first-order valence-corrected chi connectivity index (χ1v) is 10.9. The number of nitriles is 1. The highest BCUT2D eigenvalue weighted by Crippen LogP contribution is 2.41. The number of halogens is 2. The molecule has 3 aromatic rings. The Morgan fingerprint density at radius 2 is 1.78 bits per heavy atom. The fourth-order valence-corrected chi connectivity index (χ4v) is 3.75. The average Bonchev–Trinajstić information content (AvgIpc) is 2.81. The SMILES string of the molecule is Cc1ccc(NC(=O)/C(C#N)=C/c2cc(Cl)cc(Cl)c2Oc2ccc([N+](=O)[O-])cc2[N+](=O)[O-])c(C)c1. The van der Waals surface area contributed by atoms with Gasteiger partial charge in [0.25, 0.3) is 11.6 Å². The summed E-state index contributed by atoms with van der Waals surface area (Å²) >= 11 is 12.4. The molecule has 3 aromatic carbocycles. The third-order valence-electron chi connectivity index (χ3n) is 4.89. The second-order valence-corrected chi connectivity index (χ2v) is 8.36. The van der Waals surface area contributed by atoms with Crippen molar-refractivity contribution in [2.24, 2.45) is 0 Å². The number of non-ortho nitro benzene ring substituents is 1. The highest BCUT2D eigenvalue weighted by Gasteiger charge is 2.23. The molecule has 10 nitrogen and oxygen atoms in total. The normalized spacial score (nSPS) is 10.9. The molecule has 0 radical (unpaired) electrons. The Morgan fingerprint density at radius 1 is 1.06 bits per heavy atom. The Morgan fingerprint density at radius 3 is 2.39 bits per heavy atom. The van der Waals surface area contributed by atoms with Crippen LogP contribution in [0.4, 0.5) is 17.1 Å². The van der Waals surface area contributed by atoms with E-state index >= 15 is 0 Å². The number of carbonyl (C=O) groups is 1. The molecule has 182 valence electrons. The summed E-state index contributed by atoms with van der Waals surface area (Å²) in [6.45, 7) is 3.71. The van der Waals surface area contributed by atoms with Crippen LogP contribution in [0.25, 0.3) is 6.08 Å². The van der Waals surface area contributed by atoms with Crippen LogP contribution in [0, 0.1) is 45.4 Å². The number of hydrogen-bond donors (Lipinski definition) is 1. The van der Waals surface area contributed by atoms with Crippen LogP contribution in [-0.4, -0.2) is 15.8 Å². The van der Waals surface area contributed by atoms with E-state index in [2.05, 4.69) is 5.32 Å². The Balaban J connectivity index is 2.04. The van der Waals surface area contributed by atoms with Gasteiger partial charge in [0.05, 0.1) is 20.9 Å². The molecule has 1 amide bonds. The average molecular weight is 527 g/mol. The summed E-state index contributed by atoms with van der Waals surface area (Å²) in [6, 6.07) is 12.6. The minimum Gasteiger partial charge on any atom is -0.448 e. The molecule has 3 rings (SSSR count). The molecule has 0 unspecified atom stereocenters. The minimum atomic E-state index is -0.847. The third-order valence-corrected chi connectivity index (χ3v) is 5.39. The maximum Gasteiger partial charge on any atom is 0.318 e. The molecular weight excluding hydrogens is 511 g/mol. The molecule has 0 aliphatic rings. The number of nitrogens with one attached hydrogen (secondary N) is 1. The van der Waals surface area contributed by atoms with Crippen molar-refractivity contribution in [1.29, 1.82) is 5.26 Å². The summed E-state index contributed by atoms with van der Waals surface area (Å²) in [5.74, 6) is -1.21. The summed E-state index contributed by atoms with van der Waals surface area (Å²) in [5, 5.41) is 34.8. The quantitative estimate of drug-likeness (QED) is 0.154. The van der Waals surface area contributed by atoms with Crippen LogP contribution in [0.3, 0.4) is 0 Å². The number of amides is 1. The van der Waals surface area contributed by atoms with E-state index in [1.165, 1.54) is 18.2 Å². The molecule has 0 saturated carbocycles. The third kappa shape index (κ3) is 5.96. The first-order valence-electron chi connectivity index (χ1n) is 10.1. The van der Waals surface area contributed by atoms with Crippen LogP contribution in [-0.2, 0) is 4.79 Å². The topological polar surface area (TPSA) is 148 Å². The van der Waals surface area contributed by atoms with Gasteiger partial charge in [-0.25, -0.2) is 0 Å². The number of benzene rings is 3. The van der Waals surface area contributed by atoms with E-state index < -0.39 is 27.1 Å². The highest BCUT2D eigenvalue weighted by atomic mass is 35.5. The van der Waals surface area contributed by atoms with Gasteiger partial charge in [0.2, 0.25) is 5.75 Å². The maximum atomic E-state index is 12.8. The fourth-order valence-electron chi connectivity index (χ4n) is 3.20. The van der Waals surface area contributed by atoms with E-state index in [1.54, 1.807) is 25.1 Å². The van der Waals surface area contributed by atoms with E-state index in [0.29, 0.717) is 5.69 Å². The van der Waals surface area contributed by atoms with Crippen molar-refractivity contribution < 1.29 is 19.4 Å². The van der Waals surface area contributed by atoms with Crippen molar-refractivity contribution in [3.63, 3.8) is 0 Å². The van der Waals surface area contributed by atoms with Gasteiger partial charge in [-0.1, -0.05) is 40.9 Å². The molecular formula is C24H16Cl2N4O6. The Kier molecular flexibility index (Phi) is 7.89. The number of anilines is 1. The molecule has 0 saturated heterocycles. The zero-order valence-electron chi connectivity index (χ0n) is 18.7. The van der Waals surface area contributed by atoms with Crippen molar-refractivity contribution in [3.05, 3.63) is 101 Å². The van der Waals surface area contributed by atoms with Gasteiger partial charge in [0.15, 0.2) is 5.75 Å². The van der Waals surface area contributed by atoms with E-state index in [9.17, 15) is 30.3 Å². The van der Waals surface area contributed by atoms with E-state index in [-0.39, 0.29) is 32.7 Å². The van der Waals surface area contributed by atoms with E-state index in [4.69, 9.17) is 27.9 Å². The van der Waals surface area contributed by atoms with E-state index in [1.807, 2.05) is 13.0 Å². The van der Waals surface area contributed by atoms with Crippen LogP contribution in [0.5, 0.6) is 11.5 Å². The number of nitro groups is 2. The van der Waals surface area contributed by atoms with E-state index in [0.717, 1.165) is 29.3 Å². The highest BCUT2D eigenvalue weighted by molar-refractivity contribution is 6.36. The predicted molar refractivity (Wildman–Crippen MR) is 134 cm³/mol. The minimum absolute atomic E-state index is 0.0755. The number of nitrogens with zero attached hydrogens (tertiary/aromatic N) is 3. The lowest BCUT2D eigenvalue weighted by molar-refractivity contribution is -0.394. The van der Waals surface area contributed by atoms with Crippen LogP contribution >= 0.6 is 23.2 Å². The molecule has 0 spiro atoms. The van der Waals surface area contributed by atoms with Crippen molar-refractivity contribution in [2.45, 2.75) is 13.8 Å². The van der Waals surface area contributed by atoms with Gasteiger partial charge in [-0.2, -0.15) is 5.26 Å². The number of ether oxygens (including phenoxy) is 1. The van der Waals surface area contributed by atoms with Gasteiger partial charge in [0.1, 0.15) is 11.6 Å². The van der Waals surface area contributed by atoms with Gasteiger partial charge in [0, 0.05) is 22.3 Å². The van der Waals surface area contributed by atoms with Gasteiger partial charge < -0.3 is 10.1 Å². The fraction of sp³-hybridized carbons (Fsp3) is 0.0833. The molecule has 12 heteroatoms. The lowest BCUT2D eigenvalue weighted by Crippen LogP contribution is -2.14. The standard InChI is InChI=1S/C24H16Cl2N4O6/c1-13-3-5-20(14(2)7-13)28-24(31)16(12-27)8-15-9-17(25)10-19(26)23(15)36-22-6-4-18(29(32)33)11-21(22)30(34)35/h3-11H,1-2H3,(H,28,31)/b16-8+. The number of carbonyl (C=O) groups excluding carboxylic acids is 1. The molecule has 0 aromatic heterocycles. The molecule has 0 bridgehead atoms. The monoisotopic (exact) mass is 526 g/mol. The molecule has 0 aliphatic heterocycles. The molecule has 0 heterocycles. The molecule has 36 heavy (non-hydrogen) atoms. The second-order valence-electron chi connectivity index (χ2n) is 7.52. The number of nitro benzene ring substituents is 2. The predicted octanol–water partition coefficient (Wildman–Crippen LogP) is 6.76. The smallest absolute Gasteiger partial charge is 0.318 e. The molecule has 0 aliphatic carbocycles. The number of rotatable bonds is 7. The maximum absolute atomic E-state index is 12.8. The molecule has 1 N–H and O–H groups in total. The zero-order valence-corrected chi connectivity index (χ0v) is 20.3. The van der Waals surface area contributed by atoms with Crippen molar-refractivity contribution in [2.75, 3.05) is 5.32 Å². The van der Waals surface area contributed by atoms with Gasteiger partial charge in [-0.15, -0.1) is 0 Å². The second kappa shape index (κ2) is 10.9. The largest absolute Gasteiger partial charge is 0.448 e. The van der Waals surface area contributed by atoms with Gasteiger partial charge in [-0.3, -0.25) is 25.0 Å². The van der Waals surface area contributed by atoms with Crippen LogP contribution in [0.15, 0.2) is 54.1 Å². The lowest BCUT2D eigenvalue weighted by atomic mass is 10.1. The first kappa shape index (κ1) is 26.2. The lowest BCUT2D eigenvalue weighted by Gasteiger charge is -2.13. The Hall–Kier alpha value is -4.46. The van der Waals surface area contributed by atoms with Crippen LogP contribution in [0.1, 0.15) is 16.7 Å². The van der Waals surface area contributed by atoms with Crippen molar-refractivity contribution in [3.8, 4) is 17.6 Å². The summed E-state index contributed by atoms with van der Waals surface area (Å²) < 4.78 is 5.66. The van der Waals surface area contributed by atoms with Crippen LogP contribution in [0.2, 0.25) is 10.0 Å². The zero-order chi connectivity index (χ0) is 26.6. The first-order chi connectivity index (χ1) is 17.0. The number of hydrogen-bond acceptors (Lipinski definition) is 7. The summed E-state index contributed by atoms with van der Waals surface area (Å²) in [6.07, 6.45) is 1.17. The van der Waals surface area contributed by atoms with Crippen molar-refractivity contribution >= 4 is 52.2 Å². The van der Waals surface area contributed by atoms with Crippen LogP contribution < -0.4 is 10.1 Å². The Bertz CT molecular complexity index is 1480. The summed E-state index contributed by atoms with van der Waals surface area (Å²) in [4.78, 5) is 33.7. The van der Waals surface area contributed by atoms with Gasteiger partial charge >= 0.3 is 5.69 Å². The van der Waals surface area contributed by atoms with Gasteiger partial charge in [-0.05, 0) is 49.8 Å². The molecule has 0 atom stereocenters. The molecule has 0 fully saturated rings. The summed E-state index contributed by atoms with van der Waals surface area (Å²) in [5.41, 5.74) is 0.861.